The summed E-state index contributed by atoms with van der Waals surface area (Å²) in [4.78, 5) is 26.0. The maximum atomic E-state index is 12.6. The highest BCUT2D eigenvalue weighted by Crippen LogP contribution is 2.14. The van der Waals surface area contributed by atoms with Crippen molar-refractivity contribution in [1.82, 2.24) is 5.32 Å². The Kier molecular flexibility index (Phi) is 8.87. The van der Waals surface area contributed by atoms with Gasteiger partial charge in [-0.25, -0.2) is 0 Å². The van der Waals surface area contributed by atoms with Gasteiger partial charge in [0.2, 0.25) is 0 Å². The van der Waals surface area contributed by atoms with Gasteiger partial charge in [0.1, 0.15) is 0 Å². The van der Waals surface area contributed by atoms with E-state index >= 15 is 0 Å². The van der Waals surface area contributed by atoms with E-state index < -0.39 is 0 Å². The molecule has 0 aliphatic rings. The lowest BCUT2D eigenvalue weighted by Crippen LogP contribution is -3.14. The van der Waals surface area contributed by atoms with Crippen LogP contribution in [-0.2, 0) is 16.0 Å². The zero-order valence-electron chi connectivity index (χ0n) is 18.0. The Morgan fingerprint density at radius 2 is 1.62 bits per heavy atom. The smallest absolute Gasteiger partial charge is 0.279 e. The average Bonchev–Trinajstić information content (AvgIpc) is 2.69. The molecule has 2 rings (SSSR count). The van der Waals surface area contributed by atoms with Crippen LogP contribution in [0.4, 0.5) is 5.69 Å². The third kappa shape index (κ3) is 7.35. The van der Waals surface area contributed by atoms with Gasteiger partial charge >= 0.3 is 0 Å². The zero-order chi connectivity index (χ0) is 21.2. The monoisotopic (exact) mass is 396 g/mol. The van der Waals surface area contributed by atoms with Crippen molar-refractivity contribution >= 4 is 17.5 Å². The number of quaternary nitrogens is 1. The van der Waals surface area contributed by atoms with Gasteiger partial charge in [-0.15, -0.1) is 0 Å². The summed E-state index contributed by atoms with van der Waals surface area (Å²) >= 11 is 0. The van der Waals surface area contributed by atoms with Crippen molar-refractivity contribution in [3.8, 4) is 0 Å². The van der Waals surface area contributed by atoms with Crippen molar-refractivity contribution in [3.05, 3.63) is 65.2 Å². The summed E-state index contributed by atoms with van der Waals surface area (Å²) < 4.78 is 0. The van der Waals surface area contributed by atoms with Crippen LogP contribution in [0.3, 0.4) is 0 Å². The second-order valence-corrected chi connectivity index (χ2v) is 7.60. The number of amides is 2. The van der Waals surface area contributed by atoms with Crippen LogP contribution in [0.1, 0.15) is 49.9 Å². The molecular formula is C24H34N3O2+. The first kappa shape index (κ1) is 22.6. The summed E-state index contributed by atoms with van der Waals surface area (Å²) in [6.07, 6.45) is 1.91. The number of carbonyl (C=O) groups is 2. The second-order valence-electron chi connectivity index (χ2n) is 7.60. The molecule has 0 saturated carbocycles. The lowest BCUT2D eigenvalue weighted by molar-refractivity contribution is -0.883. The number of carbonyl (C=O) groups excluding carboxylic acids is 2. The number of para-hydroxylation sites is 1. The Labute approximate surface area is 174 Å². The molecule has 2 aromatic rings. The van der Waals surface area contributed by atoms with E-state index in [4.69, 9.17) is 0 Å². The van der Waals surface area contributed by atoms with Crippen molar-refractivity contribution in [2.45, 2.75) is 46.6 Å². The number of benzene rings is 2. The van der Waals surface area contributed by atoms with Gasteiger partial charge in [-0.2, -0.15) is 0 Å². The number of aryl methyl sites for hydroxylation is 2. The van der Waals surface area contributed by atoms with E-state index in [1.807, 2.05) is 38.1 Å². The molecule has 2 aromatic carbocycles. The van der Waals surface area contributed by atoms with Crippen molar-refractivity contribution < 1.29 is 14.5 Å². The first-order valence-corrected chi connectivity index (χ1v) is 10.5. The first-order valence-electron chi connectivity index (χ1n) is 10.5. The summed E-state index contributed by atoms with van der Waals surface area (Å²) in [6.45, 7) is 9.47. The van der Waals surface area contributed by atoms with E-state index in [-0.39, 0.29) is 30.9 Å². The predicted octanol–water partition coefficient (Wildman–Crippen LogP) is 2.67. The highest BCUT2D eigenvalue weighted by Gasteiger charge is 2.19. The fourth-order valence-corrected chi connectivity index (χ4v) is 3.37. The van der Waals surface area contributed by atoms with Crippen LogP contribution in [0.5, 0.6) is 0 Å². The maximum absolute atomic E-state index is 12.6. The molecular weight excluding hydrogens is 362 g/mol. The van der Waals surface area contributed by atoms with Gasteiger partial charge in [0.15, 0.2) is 13.1 Å². The maximum Gasteiger partial charge on any atom is 0.279 e. The third-order valence-corrected chi connectivity index (χ3v) is 5.11. The van der Waals surface area contributed by atoms with Gasteiger partial charge in [-0.1, -0.05) is 56.3 Å². The summed E-state index contributed by atoms with van der Waals surface area (Å²) in [5, 5.41) is 6.02. The van der Waals surface area contributed by atoms with Crippen LogP contribution >= 0.6 is 0 Å². The minimum Gasteiger partial charge on any atom is -0.345 e. The summed E-state index contributed by atoms with van der Waals surface area (Å²) in [5.41, 5.74) is 4.22. The van der Waals surface area contributed by atoms with E-state index in [1.165, 1.54) is 5.56 Å². The topological polar surface area (TPSA) is 62.6 Å². The number of hydrogen-bond donors (Lipinski definition) is 3. The molecule has 0 spiro atoms. The molecule has 156 valence electrons. The summed E-state index contributed by atoms with van der Waals surface area (Å²) in [5.74, 6) is -0.108. The molecule has 0 radical (unpaired) electrons. The molecule has 0 fully saturated rings. The average molecular weight is 397 g/mol. The predicted molar refractivity (Wildman–Crippen MR) is 118 cm³/mol. The normalized spacial score (nSPS) is 12.8. The van der Waals surface area contributed by atoms with Gasteiger partial charge in [-0.3, -0.25) is 9.59 Å². The minimum absolute atomic E-state index is 0.0378. The van der Waals surface area contributed by atoms with Crippen molar-refractivity contribution in [1.29, 1.82) is 0 Å². The Bertz CT molecular complexity index is 802. The Balaban J connectivity index is 1.90. The second kappa shape index (κ2) is 11.4. The van der Waals surface area contributed by atoms with Gasteiger partial charge in [0.05, 0.1) is 12.6 Å². The highest BCUT2D eigenvalue weighted by molar-refractivity contribution is 5.92. The van der Waals surface area contributed by atoms with Crippen LogP contribution in [0.2, 0.25) is 0 Å². The largest absolute Gasteiger partial charge is 0.345 e. The minimum atomic E-state index is -0.0706. The van der Waals surface area contributed by atoms with Gasteiger partial charge in [0.25, 0.3) is 11.8 Å². The van der Waals surface area contributed by atoms with E-state index in [9.17, 15) is 9.59 Å². The lowest BCUT2D eigenvalue weighted by Gasteiger charge is -2.20. The summed E-state index contributed by atoms with van der Waals surface area (Å²) in [6, 6.07) is 16.0. The molecule has 0 bridgehead atoms. The fourth-order valence-electron chi connectivity index (χ4n) is 3.37. The third-order valence-electron chi connectivity index (χ3n) is 5.11. The van der Waals surface area contributed by atoms with Gasteiger partial charge in [0, 0.05) is 5.69 Å². The molecule has 3 N–H and O–H groups in total. The van der Waals surface area contributed by atoms with Crippen LogP contribution in [0.15, 0.2) is 48.5 Å². The molecule has 0 saturated heterocycles. The molecule has 0 aromatic heterocycles. The quantitative estimate of drug-likeness (QED) is 0.578. The standard InChI is InChI=1S/C24H33N3O2/c1-5-15-27(17-24(29)26-22-10-8-7-9-18(22)3)16-23(28)25-19(4)21-13-11-20(6-2)12-14-21/h7-14,19H,5-6,15-17H2,1-4H3,(H,25,28)(H,26,29)/p+1/t19-/m1/s1. The van der Waals surface area contributed by atoms with E-state index in [0.717, 1.165) is 41.1 Å². The lowest BCUT2D eigenvalue weighted by atomic mass is 10.1. The van der Waals surface area contributed by atoms with Crippen molar-refractivity contribution in [2.24, 2.45) is 0 Å². The van der Waals surface area contributed by atoms with Crippen LogP contribution < -0.4 is 15.5 Å². The molecule has 1 unspecified atom stereocenters. The molecule has 29 heavy (non-hydrogen) atoms. The Morgan fingerprint density at radius 1 is 0.966 bits per heavy atom. The molecule has 2 atom stereocenters. The molecule has 0 aliphatic carbocycles. The SMILES string of the molecule is CCC[NH+](CC(=O)Nc1ccccc1C)CC(=O)N[C@H](C)c1ccc(CC)cc1. The molecule has 2 amide bonds. The summed E-state index contributed by atoms with van der Waals surface area (Å²) in [7, 11) is 0. The zero-order valence-corrected chi connectivity index (χ0v) is 18.0. The fraction of sp³-hybridized carbons (Fsp3) is 0.417. The van der Waals surface area contributed by atoms with E-state index in [2.05, 4.69) is 48.7 Å². The number of hydrogen-bond acceptors (Lipinski definition) is 2. The van der Waals surface area contributed by atoms with Crippen LogP contribution in [-0.4, -0.2) is 31.4 Å². The number of nitrogens with one attached hydrogen (secondary N) is 3. The Hall–Kier alpha value is -2.66. The molecule has 5 heteroatoms. The van der Waals surface area contributed by atoms with Gasteiger partial charge < -0.3 is 15.5 Å². The number of anilines is 1. The van der Waals surface area contributed by atoms with E-state index in [0.29, 0.717) is 0 Å². The van der Waals surface area contributed by atoms with Crippen molar-refractivity contribution in [3.63, 3.8) is 0 Å². The molecule has 0 aliphatic heterocycles. The molecule has 5 nitrogen and oxygen atoms in total. The van der Waals surface area contributed by atoms with Crippen LogP contribution in [0, 0.1) is 6.92 Å². The van der Waals surface area contributed by atoms with E-state index in [1.54, 1.807) is 0 Å². The first-order chi connectivity index (χ1) is 13.9. The van der Waals surface area contributed by atoms with Crippen LogP contribution in [0.25, 0.3) is 0 Å². The highest BCUT2D eigenvalue weighted by atomic mass is 16.2. The molecule has 0 heterocycles. The number of rotatable bonds is 10. The van der Waals surface area contributed by atoms with Crippen molar-refractivity contribution in [2.75, 3.05) is 25.0 Å². The Morgan fingerprint density at radius 3 is 2.24 bits per heavy atom. The van der Waals surface area contributed by atoms with Gasteiger partial charge in [-0.05, 0) is 49.4 Å².